The molecule has 0 spiro atoms. The van der Waals surface area contributed by atoms with Gasteiger partial charge < -0.3 is 19.1 Å². The first-order chi connectivity index (χ1) is 6.70. The minimum absolute atomic E-state index is 0.105. The maximum absolute atomic E-state index is 11.0. The largest absolute Gasteiger partial charge is 0.456 e. The Bertz CT molecular complexity index is 287. The Morgan fingerprint density at radius 1 is 1.50 bits per heavy atom. The fraction of sp³-hybridized carbons (Fsp3) is 0.667. The molecule has 0 aromatic rings. The van der Waals surface area contributed by atoms with Crippen LogP contribution >= 0.6 is 0 Å². The molecule has 0 bridgehead atoms. The van der Waals surface area contributed by atoms with Gasteiger partial charge in [-0.1, -0.05) is 0 Å². The van der Waals surface area contributed by atoms with Gasteiger partial charge in [0.1, 0.15) is 30.4 Å². The van der Waals surface area contributed by atoms with Gasteiger partial charge in [0.25, 0.3) is 0 Å². The van der Waals surface area contributed by atoms with Gasteiger partial charge in [-0.3, -0.25) is 4.79 Å². The van der Waals surface area contributed by atoms with E-state index in [-0.39, 0.29) is 18.8 Å². The summed E-state index contributed by atoms with van der Waals surface area (Å²) in [6.07, 6.45) is 0.932. The van der Waals surface area contributed by atoms with E-state index in [2.05, 4.69) is 0 Å². The van der Waals surface area contributed by atoms with Gasteiger partial charge >= 0.3 is 5.97 Å². The Balaban J connectivity index is 2.20. The molecule has 0 amide bonds. The molecule has 76 valence electrons. The number of hydrogen-bond acceptors (Lipinski definition) is 5. The van der Waals surface area contributed by atoms with Crippen molar-refractivity contribution in [3.05, 3.63) is 0 Å². The van der Waals surface area contributed by atoms with Gasteiger partial charge in [0.05, 0.1) is 6.42 Å². The van der Waals surface area contributed by atoms with Crippen LogP contribution in [0.4, 0.5) is 0 Å². The van der Waals surface area contributed by atoms with E-state index in [0.29, 0.717) is 19.0 Å². The van der Waals surface area contributed by atoms with Crippen molar-refractivity contribution in [3.63, 3.8) is 0 Å². The van der Waals surface area contributed by atoms with Gasteiger partial charge in [-0.2, -0.15) is 0 Å². The van der Waals surface area contributed by atoms with Gasteiger partial charge in [-0.15, -0.1) is 0 Å². The number of fused-ring (bicyclic) bond motifs is 1. The Kier molecular flexibility index (Phi) is 2.11. The molecule has 0 saturated carbocycles. The van der Waals surface area contributed by atoms with Gasteiger partial charge in [0.2, 0.25) is 0 Å². The molecule has 2 heterocycles. The molecule has 2 fully saturated rings. The molecular formula is C9H10O5. The van der Waals surface area contributed by atoms with E-state index in [1.807, 2.05) is 0 Å². The van der Waals surface area contributed by atoms with Crippen LogP contribution in [0.3, 0.4) is 0 Å². The zero-order chi connectivity index (χ0) is 10.2. The standard InChI is InChI=1S/C9H10O5/c10-2-1-9-4-6(5-11)13-7(9)3-8(12)14-9/h2,5-7H,1,3-4H2/t6-,7+,9+/m1/s1. The lowest BCUT2D eigenvalue weighted by Crippen LogP contribution is -2.35. The first-order valence-corrected chi connectivity index (χ1v) is 4.46. The molecule has 0 unspecified atom stereocenters. The van der Waals surface area contributed by atoms with Crippen molar-refractivity contribution < 1.29 is 23.9 Å². The second kappa shape index (κ2) is 3.16. The summed E-state index contributed by atoms with van der Waals surface area (Å²) in [5.41, 5.74) is -0.871. The fourth-order valence-electron chi connectivity index (χ4n) is 2.09. The van der Waals surface area contributed by atoms with E-state index in [1.165, 1.54) is 0 Å². The highest BCUT2D eigenvalue weighted by Crippen LogP contribution is 2.42. The highest BCUT2D eigenvalue weighted by atomic mass is 16.6. The van der Waals surface area contributed by atoms with E-state index in [9.17, 15) is 14.4 Å². The van der Waals surface area contributed by atoms with Crippen LogP contribution in [-0.2, 0) is 23.9 Å². The average Bonchev–Trinajstić information content (AvgIpc) is 2.57. The van der Waals surface area contributed by atoms with E-state index < -0.39 is 17.8 Å². The van der Waals surface area contributed by atoms with Crippen molar-refractivity contribution in [2.45, 2.75) is 37.1 Å². The van der Waals surface area contributed by atoms with Gasteiger partial charge in [-0.25, -0.2) is 0 Å². The molecule has 2 rings (SSSR count). The summed E-state index contributed by atoms with van der Waals surface area (Å²) >= 11 is 0. The number of hydrogen-bond donors (Lipinski definition) is 0. The lowest BCUT2D eigenvalue weighted by Gasteiger charge is -2.22. The molecule has 5 heteroatoms. The van der Waals surface area contributed by atoms with Crippen LogP contribution < -0.4 is 0 Å². The lowest BCUT2D eigenvalue weighted by molar-refractivity contribution is -0.149. The van der Waals surface area contributed by atoms with Gasteiger partial charge in [0, 0.05) is 12.8 Å². The number of rotatable bonds is 3. The van der Waals surface area contributed by atoms with Crippen LogP contribution in [-0.4, -0.2) is 36.4 Å². The van der Waals surface area contributed by atoms with Crippen LogP contribution in [0.2, 0.25) is 0 Å². The molecule has 2 saturated heterocycles. The second-order valence-electron chi connectivity index (χ2n) is 3.62. The Morgan fingerprint density at radius 2 is 2.29 bits per heavy atom. The normalized spacial score (nSPS) is 40.4. The summed E-state index contributed by atoms with van der Waals surface area (Å²) in [7, 11) is 0. The predicted octanol–water partition coefficient (Wildman–Crippen LogP) is -0.383. The minimum Gasteiger partial charge on any atom is -0.456 e. The van der Waals surface area contributed by atoms with Crippen LogP contribution in [0.15, 0.2) is 0 Å². The molecule has 2 aliphatic rings. The maximum atomic E-state index is 11.0. The molecule has 0 radical (unpaired) electrons. The second-order valence-corrected chi connectivity index (χ2v) is 3.62. The Hall–Kier alpha value is -1.23. The first-order valence-electron chi connectivity index (χ1n) is 4.46. The number of carbonyl (C=O) groups excluding carboxylic acids is 3. The van der Waals surface area contributed by atoms with Crippen molar-refractivity contribution >= 4 is 18.5 Å². The van der Waals surface area contributed by atoms with Crippen LogP contribution in [0.5, 0.6) is 0 Å². The lowest BCUT2D eigenvalue weighted by atomic mass is 9.91. The van der Waals surface area contributed by atoms with E-state index >= 15 is 0 Å². The summed E-state index contributed by atoms with van der Waals surface area (Å²) in [6.45, 7) is 0. The number of carbonyl (C=O) groups is 3. The number of ether oxygens (including phenoxy) is 2. The Labute approximate surface area is 80.4 Å². The molecule has 2 aliphatic heterocycles. The van der Waals surface area contributed by atoms with Crippen LogP contribution in [0.25, 0.3) is 0 Å². The van der Waals surface area contributed by atoms with E-state index in [4.69, 9.17) is 9.47 Å². The molecule has 0 aliphatic carbocycles. The highest BCUT2D eigenvalue weighted by molar-refractivity contribution is 5.75. The van der Waals surface area contributed by atoms with Crippen LogP contribution in [0, 0.1) is 0 Å². The van der Waals surface area contributed by atoms with Crippen molar-refractivity contribution in [1.29, 1.82) is 0 Å². The summed E-state index contributed by atoms with van der Waals surface area (Å²) in [5.74, 6) is -0.360. The molecule has 5 nitrogen and oxygen atoms in total. The van der Waals surface area contributed by atoms with Gasteiger partial charge in [0.15, 0.2) is 0 Å². The van der Waals surface area contributed by atoms with Crippen molar-refractivity contribution in [1.82, 2.24) is 0 Å². The fourth-order valence-corrected chi connectivity index (χ4v) is 2.09. The smallest absolute Gasteiger partial charge is 0.309 e. The summed E-state index contributed by atoms with van der Waals surface area (Å²) in [6, 6.07) is 0. The first kappa shape index (κ1) is 9.33. The topological polar surface area (TPSA) is 69.7 Å². The summed E-state index contributed by atoms with van der Waals surface area (Å²) < 4.78 is 10.4. The monoisotopic (exact) mass is 198 g/mol. The number of esters is 1. The maximum Gasteiger partial charge on any atom is 0.309 e. The van der Waals surface area contributed by atoms with Gasteiger partial charge in [-0.05, 0) is 0 Å². The molecular weight excluding hydrogens is 188 g/mol. The summed E-state index contributed by atoms with van der Waals surface area (Å²) in [5, 5.41) is 0. The van der Waals surface area contributed by atoms with Crippen molar-refractivity contribution in [3.8, 4) is 0 Å². The Morgan fingerprint density at radius 3 is 2.93 bits per heavy atom. The molecule has 0 aromatic heterocycles. The third kappa shape index (κ3) is 1.24. The third-order valence-corrected chi connectivity index (χ3v) is 2.72. The third-order valence-electron chi connectivity index (χ3n) is 2.72. The zero-order valence-corrected chi connectivity index (χ0v) is 7.47. The SMILES string of the molecule is O=CC[C@]12C[C@H](C=O)O[C@H]1CC(=O)O2. The average molecular weight is 198 g/mol. The van der Waals surface area contributed by atoms with Crippen LogP contribution in [0.1, 0.15) is 19.3 Å². The van der Waals surface area contributed by atoms with Crippen molar-refractivity contribution in [2.75, 3.05) is 0 Å². The number of aldehydes is 2. The van der Waals surface area contributed by atoms with E-state index in [1.54, 1.807) is 0 Å². The van der Waals surface area contributed by atoms with Crippen molar-refractivity contribution in [2.24, 2.45) is 0 Å². The summed E-state index contributed by atoms with van der Waals surface area (Å²) in [4.78, 5) is 32.0. The zero-order valence-electron chi connectivity index (χ0n) is 7.47. The molecule has 0 aromatic carbocycles. The van der Waals surface area contributed by atoms with E-state index in [0.717, 1.165) is 0 Å². The molecule has 14 heavy (non-hydrogen) atoms. The highest BCUT2D eigenvalue weighted by Gasteiger charge is 2.56. The minimum atomic E-state index is -0.871. The molecule has 3 atom stereocenters. The predicted molar refractivity (Wildman–Crippen MR) is 43.5 cm³/mol. The molecule has 0 N–H and O–H groups in total. The quantitative estimate of drug-likeness (QED) is 0.456.